The molecular formula is C25H33N3O7S2. The van der Waals surface area contributed by atoms with Crippen LogP contribution in [0.25, 0.3) is 0 Å². The molecule has 10 nitrogen and oxygen atoms in total. The van der Waals surface area contributed by atoms with Gasteiger partial charge in [-0.2, -0.15) is 4.31 Å². The van der Waals surface area contributed by atoms with Crippen LogP contribution in [0.3, 0.4) is 0 Å². The molecule has 0 saturated carbocycles. The monoisotopic (exact) mass is 551 g/mol. The molecule has 0 radical (unpaired) electrons. The second-order valence-electron chi connectivity index (χ2n) is 9.16. The molecule has 0 unspecified atom stereocenters. The van der Waals surface area contributed by atoms with Gasteiger partial charge in [-0.15, -0.1) is 0 Å². The van der Waals surface area contributed by atoms with Crippen molar-refractivity contribution in [2.45, 2.75) is 45.4 Å². The average molecular weight is 552 g/mol. The van der Waals surface area contributed by atoms with Crippen LogP contribution in [0, 0.1) is 18.8 Å². The number of hydrogen-bond donors (Lipinski definition) is 1. The number of sulfonamides is 1. The smallest absolute Gasteiger partial charge is 0.350 e. The van der Waals surface area contributed by atoms with Gasteiger partial charge in [-0.3, -0.25) is 9.59 Å². The van der Waals surface area contributed by atoms with Crippen molar-refractivity contribution >= 4 is 44.2 Å². The number of aryl methyl sites for hydroxylation is 1. The van der Waals surface area contributed by atoms with E-state index in [1.165, 1.54) is 22.5 Å². The van der Waals surface area contributed by atoms with E-state index in [1.807, 2.05) is 13.8 Å². The maximum absolute atomic E-state index is 13.2. The molecule has 3 rings (SSSR count). The van der Waals surface area contributed by atoms with E-state index in [-0.39, 0.29) is 53.7 Å². The third-order valence-electron chi connectivity index (χ3n) is 5.80. The van der Waals surface area contributed by atoms with Gasteiger partial charge in [-0.05, 0) is 44.7 Å². The summed E-state index contributed by atoms with van der Waals surface area (Å²) in [6.45, 7) is 8.21. The summed E-state index contributed by atoms with van der Waals surface area (Å²) in [6, 6.07) is 5.90. The van der Waals surface area contributed by atoms with Crippen molar-refractivity contribution in [2.24, 2.45) is 11.8 Å². The minimum Gasteiger partial charge on any atom is -0.466 e. The number of piperidine rings is 1. The van der Waals surface area contributed by atoms with Gasteiger partial charge in [0.25, 0.3) is 0 Å². The maximum atomic E-state index is 13.2. The molecule has 1 aliphatic heterocycles. The second kappa shape index (κ2) is 12.6. The van der Waals surface area contributed by atoms with Gasteiger partial charge in [0.15, 0.2) is 10.9 Å². The zero-order chi connectivity index (χ0) is 27.2. The van der Waals surface area contributed by atoms with Gasteiger partial charge in [0.05, 0.1) is 36.3 Å². The van der Waals surface area contributed by atoms with E-state index in [1.54, 1.807) is 19.9 Å². The summed E-state index contributed by atoms with van der Waals surface area (Å²) in [5.41, 5.74) is 0.744. The second-order valence-corrected chi connectivity index (χ2v) is 12.1. The van der Waals surface area contributed by atoms with Gasteiger partial charge in [-0.25, -0.2) is 18.2 Å². The van der Waals surface area contributed by atoms with Gasteiger partial charge in [0.2, 0.25) is 10.0 Å². The minimum atomic E-state index is -3.82. The topological polar surface area (TPSA) is 132 Å². The number of aromatic nitrogens is 1. The molecule has 0 spiro atoms. The van der Waals surface area contributed by atoms with Crippen LogP contribution in [-0.2, 0) is 24.3 Å². The SMILES string of the molecule is CCOC(=O)C1CCN(S(=O)(=O)c2cccc(C(=O)CNc3nc(C)c(C(=O)OCC(C)C)s3)c2)CC1. The Labute approximate surface area is 221 Å². The third kappa shape index (κ3) is 7.36. The van der Waals surface area contributed by atoms with E-state index in [2.05, 4.69) is 10.3 Å². The first-order chi connectivity index (χ1) is 17.5. The van der Waals surface area contributed by atoms with Gasteiger partial charge in [-0.1, -0.05) is 37.3 Å². The van der Waals surface area contributed by atoms with E-state index < -0.39 is 16.0 Å². The molecule has 1 aromatic heterocycles. The fourth-order valence-electron chi connectivity index (χ4n) is 3.80. The number of ketones is 1. The fourth-order valence-corrected chi connectivity index (χ4v) is 6.17. The van der Waals surface area contributed by atoms with Crippen molar-refractivity contribution in [2.75, 3.05) is 38.2 Å². The lowest BCUT2D eigenvalue weighted by atomic mass is 9.98. The first-order valence-corrected chi connectivity index (χ1v) is 14.5. The molecule has 37 heavy (non-hydrogen) atoms. The number of anilines is 1. The van der Waals surface area contributed by atoms with Crippen molar-refractivity contribution in [1.29, 1.82) is 0 Å². The highest BCUT2D eigenvalue weighted by Gasteiger charge is 2.33. The lowest BCUT2D eigenvalue weighted by molar-refractivity contribution is -0.149. The van der Waals surface area contributed by atoms with E-state index in [0.717, 1.165) is 11.3 Å². The zero-order valence-corrected chi connectivity index (χ0v) is 23.1. The molecule has 12 heteroatoms. The Bertz CT molecular complexity index is 1230. The summed E-state index contributed by atoms with van der Waals surface area (Å²) in [5.74, 6) is -1.17. The fraction of sp³-hybridized carbons (Fsp3) is 0.520. The predicted octanol–water partition coefficient (Wildman–Crippen LogP) is 3.52. The number of nitrogens with zero attached hydrogens (tertiary/aromatic N) is 2. The molecule has 0 bridgehead atoms. The minimum absolute atomic E-state index is 0.0215. The molecule has 1 aromatic carbocycles. The summed E-state index contributed by atoms with van der Waals surface area (Å²) in [7, 11) is -3.82. The Kier molecular flexibility index (Phi) is 9.80. The Morgan fingerprint density at radius 2 is 1.89 bits per heavy atom. The van der Waals surface area contributed by atoms with E-state index in [4.69, 9.17) is 9.47 Å². The Morgan fingerprint density at radius 1 is 1.19 bits per heavy atom. The number of thiazole rings is 1. The molecule has 2 heterocycles. The highest BCUT2D eigenvalue weighted by Crippen LogP contribution is 2.26. The number of carbonyl (C=O) groups excluding carboxylic acids is 3. The Balaban J connectivity index is 1.62. The number of nitrogens with one attached hydrogen (secondary N) is 1. The summed E-state index contributed by atoms with van der Waals surface area (Å²) in [6.07, 6.45) is 0.779. The lowest BCUT2D eigenvalue weighted by Crippen LogP contribution is -2.40. The van der Waals surface area contributed by atoms with E-state index in [0.29, 0.717) is 41.8 Å². The molecule has 2 aromatic rings. The lowest BCUT2D eigenvalue weighted by Gasteiger charge is -2.30. The average Bonchev–Trinajstić information content (AvgIpc) is 3.26. The summed E-state index contributed by atoms with van der Waals surface area (Å²) in [4.78, 5) is 41.7. The largest absolute Gasteiger partial charge is 0.466 e. The summed E-state index contributed by atoms with van der Waals surface area (Å²) in [5, 5.41) is 3.32. The number of Topliss-reactive ketones (excluding diaryl/α,β-unsaturated/α-hetero) is 1. The van der Waals surface area contributed by atoms with Crippen LogP contribution in [0.1, 0.15) is 59.3 Å². The predicted molar refractivity (Wildman–Crippen MR) is 139 cm³/mol. The zero-order valence-electron chi connectivity index (χ0n) is 21.5. The number of rotatable bonds is 11. The van der Waals surface area contributed by atoms with Crippen LogP contribution >= 0.6 is 11.3 Å². The number of hydrogen-bond acceptors (Lipinski definition) is 10. The van der Waals surface area contributed by atoms with E-state index in [9.17, 15) is 22.8 Å². The van der Waals surface area contributed by atoms with Crippen LogP contribution in [0.4, 0.5) is 5.13 Å². The number of carbonyl (C=O) groups is 3. The standard InChI is InChI=1S/C25H33N3O7S2/c1-5-34-23(30)18-9-11-28(12-10-18)37(32,33)20-8-6-7-19(13-20)21(29)14-26-25-27-17(4)22(36-25)24(31)35-15-16(2)3/h6-8,13,16,18H,5,9-12,14-15H2,1-4H3,(H,26,27). The maximum Gasteiger partial charge on any atom is 0.350 e. The molecule has 1 fully saturated rings. The van der Waals surface area contributed by atoms with Crippen LogP contribution in [0.5, 0.6) is 0 Å². The van der Waals surface area contributed by atoms with Crippen LogP contribution in [0.2, 0.25) is 0 Å². The van der Waals surface area contributed by atoms with Crippen LogP contribution < -0.4 is 5.32 Å². The quantitative estimate of drug-likeness (QED) is 0.329. The Morgan fingerprint density at radius 3 is 2.54 bits per heavy atom. The van der Waals surface area contributed by atoms with Crippen molar-refractivity contribution in [1.82, 2.24) is 9.29 Å². The molecule has 0 amide bonds. The molecule has 1 N–H and O–H groups in total. The molecule has 1 saturated heterocycles. The van der Waals surface area contributed by atoms with Crippen LogP contribution in [0.15, 0.2) is 29.2 Å². The molecule has 0 aliphatic carbocycles. The number of benzene rings is 1. The summed E-state index contributed by atoms with van der Waals surface area (Å²) < 4.78 is 38.0. The highest BCUT2D eigenvalue weighted by molar-refractivity contribution is 7.89. The van der Waals surface area contributed by atoms with Gasteiger partial charge in [0, 0.05) is 18.7 Å². The number of ether oxygens (including phenoxy) is 2. The van der Waals surface area contributed by atoms with Crippen LogP contribution in [-0.4, -0.2) is 68.3 Å². The van der Waals surface area contributed by atoms with Crippen molar-refractivity contribution < 1.29 is 32.3 Å². The number of esters is 2. The van der Waals surface area contributed by atoms with E-state index >= 15 is 0 Å². The van der Waals surface area contributed by atoms with Crippen molar-refractivity contribution in [3.8, 4) is 0 Å². The van der Waals surface area contributed by atoms with Gasteiger partial charge < -0.3 is 14.8 Å². The summed E-state index contributed by atoms with van der Waals surface area (Å²) >= 11 is 1.10. The molecule has 1 aliphatic rings. The normalized spacial score (nSPS) is 14.9. The van der Waals surface area contributed by atoms with Gasteiger partial charge >= 0.3 is 11.9 Å². The molecule has 202 valence electrons. The first kappa shape index (κ1) is 28.7. The molecular weight excluding hydrogens is 518 g/mol. The highest BCUT2D eigenvalue weighted by atomic mass is 32.2. The van der Waals surface area contributed by atoms with Crippen molar-refractivity contribution in [3.05, 3.63) is 40.4 Å². The van der Waals surface area contributed by atoms with Crippen molar-refractivity contribution in [3.63, 3.8) is 0 Å². The third-order valence-corrected chi connectivity index (χ3v) is 8.79. The Hall–Kier alpha value is -2.83. The van der Waals surface area contributed by atoms with Gasteiger partial charge in [0.1, 0.15) is 4.88 Å². The molecule has 0 atom stereocenters. The first-order valence-electron chi connectivity index (χ1n) is 12.2.